The third kappa shape index (κ3) is 7.00. The molecule has 2 atom stereocenters. The molecule has 0 saturated carbocycles. The lowest BCUT2D eigenvalue weighted by Crippen LogP contribution is -2.52. The summed E-state index contributed by atoms with van der Waals surface area (Å²) in [7, 11) is 5.06. The van der Waals surface area contributed by atoms with E-state index in [1.165, 1.54) is 0 Å². The number of hydrogen-bond acceptors (Lipinski definition) is 5. The van der Waals surface area contributed by atoms with Crippen molar-refractivity contribution in [2.75, 3.05) is 47.6 Å². The van der Waals surface area contributed by atoms with Gasteiger partial charge in [-0.1, -0.05) is 6.07 Å². The van der Waals surface area contributed by atoms with Crippen LogP contribution in [0.3, 0.4) is 0 Å². The van der Waals surface area contributed by atoms with Gasteiger partial charge in [0.05, 0.1) is 27.4 Å². The van der Waals surface area contributed by atoms with Crippen LogP contribution in [0.25, 0.3) is 0 Å². The van der Waals surface area contributed by atoms with E-state index in [-0.39, 0.29) is 24.0 Å². The summed E-state index contributed by atoms with van der Waals surface area (Å²) in [5, 5.41) is 6.75. The fraction of sp³-hybridized carbons (Fsp3) is 0.632. The molecule has 1 aromatic carbocycles. The standard InChI is InChI=1S/C19H32N4O3.HI/c1-14(23-8-9-26-13-15(23)2)11-21-19(20-3)22-12-16-6-7-17(24-4)18(10-16)25-5;/h6-7,10,14-15H,8-9,11-13H2,1-5H3,(H2,20,21,22);1H. The SMILES string of the molecule is CN=C(NCc1ccc(OC)c(OC)c1)NCC(C)N1CCOCC1C.I. The molecule has 0 aromatic heterocycles. The van der Waals surface area contributed by atoms with Crippen molar-refractivity contribution >= 4 is 29.9 Å². The number of rotatable bonds is 7. The summed E-state index contributed by atoms with van der Waals surface area (Å²) in [6.07, 6.45) is 0. The lowest BCUT2D eigenvalue weighted by molar-refractivity contribution is -0.0174. The van der Waals surface area contributed by atoms with Gasteiger partial charge in [0.15, 0.2) is 17.5 Å². The highest BCUT2D eigenvalue weighted by Crippen LogP contribution is 2.27. The molecule has 0 radical (unpaired) electrons. The van der Waals surface area contributed by atoms with Crippen molar-refractivity contribution in [1.82, 2.24) is 15.5 Å². The molecule has 0 spiro atoms. The number of methoxy groups -OCH3 is 2. The molecular weight excluding hydrogens is 459 g/mol. The van der Waals surface area contributed by atoms with Gasteiger partial charge >= 0.3 is 0 Å². The average molecular weight is 492 g/mol. The Labute approximate surface area is 179 Å². The maximum absolute atomic E-state index is 5.51. The molecule has 2 N–H and O–H groups in total. The number of halogens is 1. The Hall–Kier alpha value is -1.26. The highest BCUT2D eigenvalue weighted by molar-refractivity contribution is 14.0. The predicted octanol–water partition coefficient (Wildman–Crippen LogP) is 2.10. The van der Waals surface area contributed by atoms with Crippen LogP contribution < -0.4 is 20.1 Å². The molecule has 27 heavy (non-hydrogen) atoms. The van der Waals surface area contributed by atoms with Gasteiger partial charge in [-0.05, 0) is 31.5 Å². The lowest BCUT2D eigenvalue weighted by Gasteiger charge is -2.38. The summed E-state index contributed by atoms with van der Waals surface area (Å²) in [6.45, 7) is 8.51. The van der Waals surface area contributed by atoms with E-state index in [0.29, 0.717) is 18.6 Å². The maximum atomic E-state index is 5.51. The largest absolute Gasteiger partial charge is 0.493 e. The van der Waals surface area contributed by atoms with Gasteiger partial charge in [-0.15, -0.1) is 24.0 Å². The number of guanidine groups is 1. The Bertz CT molecular complexity index is 600. The van der Waals surface area contributed by atoms with Gasteiger partial charge in [0.25, 0.3) is 0 Å². The Morgan fingerprint density at radius 2 is 2.04 bits per heavy atom. The highest BCUT2D eigenvalue weighted by atomic mass is 127. The fourth-order valence-electron chi connectivity index (χ4n) is 3.15. The van der Waals surface area contributed by atoms with Crippen LogP contribution in [0, 0.1) is 0 Å². The first-order chi connectivity index (χ1) is 12.6. The summed E-state index contributed by atoms with van der Waals surface area (Å²) in [4.78, 5) is 6.78. The molecule has 2 rings (SSSR count). The van der Waals surface area contributed by atoms with E-state index in [9.17, 15) is 0 Å². The zero-order valence-corrected chi connectivity index (χ0v) is 19.3. The van der Waals surface area contributed by atoms with Crippen molar-refractivity contribution < 1.29 is 14.2 Å². The van der Waals surface area contributed by atoms with Gasteiger partial charge in [-0.3, -0.25) is 9.89 Å². The van der Waals surface area contributed by atoms with Crippen LogP contribution >= 0.6 is 24.0 Å². The maximum Gasteiger partial charge on any atom is 0.191 e. The number of nitrogens with zero attached hydrogens (tertiary/aromatic N) is 2. The molecule has 1 heterocycles. The van der Waals surface area contributed by atoms with Crippen LogP contribution in [0.5, 0.6) is 11.5 Å². The van der Waals surface area contributed by atoms with Crippen molar-refractivity contribution in [2.24, 2.45) is 4.99 Å². The second kappa shape index (κ2) is 12.2. The third-order valence-electron chi connectivity index (χ3n) is 4.68. The van der Waals surface area contributed by atoms with Crippen LogP contribution in [-0.2, 0) is 11.3 Å². The van der Waals surface area contributed by atoms with E-state index in [0.717, 1.165) is 49.3 Å². The van der Waals surface area contributed by atoms with Crippen molar-refractivity contribution in [3.8, 4) is 11.5 Å². The minimum Gasteiger partial charge on any atom is -0.493 e. The highest BCUT2D eigenvalue weighted by Gasteiger charge is 2.23. The Kier molecular flexibility index (Phi) is 10.8. The number of hydrogen-bond donors (Lipinski definition) is 2. The monoisotopic (exact) mass is 492 g/mol. The summed E-state index contributed by atoms with van der Waals surface area (Å²) in [6, 6.07) is 6.75. The van der Waals surface area contributed by atoms with Gasteiger partial charge < -0.3 is 24.8 Å². The topological polar surface area (TPSA) is 67.4 Å². The summed E-state index contributed by atoms with van der Waals surface area (Å²) in [5.74, 6) is 2.24. The zero-order chi connectivity index (χ0) is 18.9. The van der Waals surface area contributed by atoms with Gasteiger partial charge in [0, 0.05) is 38.8 Å². The van der Waals surface area contributed by atoms with Gasteiger partial charge in [-0.25, -0.2) is 0 Å². The lowest BCUT2D eigenvalue weighted by atomic mass is 10.2. The minimum absolute atomic E-state index is 0. The molecule has 2 unspecified atom stereocenters. The molecule has 1 aliphatic rings. The van der Waals surface area contributed by atoms with Crippen molar-refractivity contribution in [3.63, 3.8) is 0 Å². The van der Waals surface area contributed by atoms with Crippen LogP contribution in [0.1, 0.15) is 19.4 Å². The molecule has 1 aliphatic heterocycles. The zero-order valence-electron chi connectivity index (χ0n) is 16.9. The van der Waals surface area contributed by atoms with Crippen molar-refractivity contribution in [3.05, 3.63) is 23.8 Å². The number of ether oxygens (including phenoxy) is 3. The Morgan fingerprint density at radius 1 is 1.30 bits per heavy atom. The summed E-state index contributed by atoms with van der Waals surface area (Å²) in [5.41, 5.74) is 1.10. The Balaban J connectivity index is 0.00000364. The van der Waals surface area contributed by atoms with Gasteiger partial charge in [0.1, 0.15) is 0 Å². The molecule has 0 aliphatic carbocycles. The first-order valence-corrected chi connectivity index (χ1v) is 9.08. The van der Waals surface area contributed by atoms with E-state index in [1.807, 2.05) is 18.2 Å². The summed E-state index contributed by atoms with van der Waals surface area (Å²) < 4.78 is 16.1. The fourth-order valence-corrected chi connectivity index (χ4v) is 3.15. The predicted molar refractivity (Wildman–Crippen MR) is 120 cm³/mol. The molecular formula is C19H33IN4O3. The average Bonchev–Trinajstić information content (AvgIpc) is 2.68. The minimum atomic E-state index is 0. The molecule has 154 valence electrons. The second-order valence-electron chi connectivity index (χ2n) is 6.51. The van der Waals surface area contributed by atoms with E-state index < -0.39 is 0 Å². The molecule has 0 amide bonds. The quantitative estimate of drug-likeness (QED) is 0.346. The Morgan fingerprint density at radius 3 is 2.67 bits per heavy atom. The van der Waals surface area contributed by atoms with E-state index in [1.54, 1.807) is 21.3 Å². The molecule has 7 nitrogen and oxygen atoms in total. The van der Waals surface area contributed by atoms with E-state index >= 15 is 0 Å². The molecule has 0 bridgehead atoms. The number of morpholine rings is 1. The number of benzene rings is 1. The molecule has 8 heteroatoms. The van der Waals surface area contributed by atoms with Crippen LogP contribution in [0.2, 0.25) is 0 Å². The first kappa shape index (κ1) is 23.8. The van der Waals surface area contributed by atoms with Gasteiger partial charge in [0.2, 0.25) is 0 Å². The van der Waals surface area contributed by atoms with E-state index in [2.05, 4.69) is 34.4 Å². The number of nitrogens with one attached hydrogen (secondary N) is 2. The smallest absolute Gasteiger partial charge is 0.191 e. The summed E-state index contributed by atoms with van der Waals surface area (Å²) >= 11 is 0. The molecule has 1 aromatic rings. The van der Waals surface area contributed by atoms with Crippen LogP contribution in [0.4, 0.5) is 0 Å². The van der Waals surface area contributed by atoms with Crippen LogP contribution in [-0.4, -0.2) is 70.5 Å². The normalized spacial score (nSPS) is 19.0. The van der Waals surface area contributed by atoms with Crippen molar-refractivity contribution in [1.29, 1.82) is 0 Å². The second-order valence-corrected chi connectivity index (χ2v) is 6.51. The van der Waals surface area contributed by atoms with Gasteiger partial charge in [-0.2, -0.15) is 0 Å². The number of aliphatic imine (C=N–C) groups is 1. The molecule has 1 saturated heterocycles. The van der Waals surface area contributed by atoms with Crippen molar-refractivity contribution in [2.45, 2.75) is 32.5 Å². The first-order valence-electron chi connectivity index (χ1n) is 9.08. The van der Waals surface area contributed by atoms with E-state index in [4.69, 9.17) is 14.2 Å². The third-order valence-corrected chi connectivity index (χ3v) is 4.68. The molecule has 1 fully saturated rings. The van der Waals surface area contributed by atoms with Crippen LogP contribution in [0.15, 0.2) is 23.2 Å².